The van der Waals surface area contributed by atoms with Crippen LogP contribution in [0.25, 0.3) is 0 Å². The van der Waals surface area contributed by atoms with E-state index in [4.69, 9.17) is 4.55 Å². The second kappa shape index (κ2) is 6.77. The van der Waals surface area contributed by atoms with Gasteiger partial charge in [-0.1, -0.05) is 0 Å². The van der Waals surface area contributed by atoms with Crippen LogP contribution in [-0.2, 0) is 14.9 Å². The zero-order valence-electron chi connectivity index (χ0n) is 9.13. The van der Waals surface area contributed by atoms with Crippen LogP contribution in [0.2, 0.25) is 0 Å². The molecule has 0 heterocycles. The molecule has 118 valence electrons. The van der Waals surface area contributed by atoms with E-state index in [2.05, 4.69) is 84.4 Å². The topological polar surface area (TPSA) is 80.7 Å². The van der Waals surface area contributed by atoms with Crippen molar-refractivity contribution in [1.29, 1.82) is 0 Å². The first-order valence-electron chi connectivity index (χ1n) is 4.41. The van der Waals surface area contributed by atoms with E-state index < -0.39 is 27.1 Å². The zero-order valence-corrected chi connectivity index (χ0v) is 17.9. The molecule has 1 aromatic rings. The molecular formula is C8HBr5F2O5S. The Bertz CT molecular complexity index is 691. The summed E-state index contributed by atoms with van der Waals surface area (Å²) in [6.07, 6.45) is 0. The molecule has 0 aliphatic heterocycles. The van der Waals surface area contributed by atoms with Gasteiger partial charge in [-0.3, -0.25) is 4.55 Å². The molecule has 0 bridgehead atoms. The summed E-state index contributed by atoms with van der Waals surface area (Å²) in [5.74, 6) is -2.86. The van der Waals surface area contributed by atoms with E-state index in [-0.39, 0.29) is 8.95 Å². The number of esters is 1. The maximum atomic E-state index is 13.2. The summed E-state index contributed by atoms with van der Waals surface area (Å²) in [5, 5.41) is -5.10. The Balaban J connectivity index is 3.37. The highest BCUT2D eigenvalue weighted by Crippen LogP contribution is 2.49. The number of hydrogen-bond donors (Lipinski definition) is 1. The molecule has 0 amide bonds. The molecule has 0 saturated heterocycles. The second-order valence-electron chi connectivity index (χ2n) is 3.28. The Kier molecular flexibility index (Phi) is 6.42. The highest BCUT2D eigenvalue weighted by Gasteiger charge is 2.54. The number of halogens is 7. The fourth-order valence-electron chi connectivity index (χ4n) is 0.932. The van der Waals surface area contributed by atoms with Crippen LogP contribution in [0.4, 0.5) is 8.78 Å². The van der Waals surface area contributed by atoms with Crippen LogP contribution in [0, 0.1) is 0 Å². The molecular weight excluding hydrogens is 646 g/mol. The molecule has 21 heavy (non-hydrogen) atoms. The Morgan fingerprint density at radius 2 is 1.29 bits per heavy atom. The normalized spacial score (nSPS) is 12.4. The van der Waals surface area contributed by atoms with Gasteiger partial charge >= 0.3 is 21.3 Å². The largest absolute Gasteiger partial charge is 0.466 e. The number of benzene rings is 1. The Hall–Kier alpha value is 0.860. The third kappa shape index (κ3) is 3.86. The monoisotopic (exact) mass is 642 g/mol. The quantitative estimate of drug-likeness (QED) is 0.167. The van der Waals surface area contributed by atoms with E-state index in [1.807, 2.05) is 0 Å². The summed E-state index contributed by atoms with van der Waals surface area (Å²) in [4.78, 5) is 11.3. The number of carbonyl (C=O) groups excluding carboxylic acids is 1. The van der Waals surface area contributed by atoms with E-state index in [1.54, 1.807) is 0 Å². The van der Waals surface area contributed by atoms with Crippen LogP contribution in [0.1, 0.15) is 0 Å². The highest BCUT2D eigenvalue weighted by atomic mass is 79.9. The predicted octanol–water partition coefficient (Wildman–Crippen LogP) is 4.89. The minimum Gasteiger partial charge on any atom is -0.419 e. The van der Waals surface area contributed by atoms with Crippen molar-refractivity contribution in [3.05, 3.63) is 22.4 Å². The van der Waals surface area contributed by atoms with Gasteiger partial charge in [0, 0.05) is 4.47 Å². The molecule has 5 nitrogen and oxygen atoms in total. The van der Waals surface area contributed by atoms with Gasteiger partial charge in [0.05, 0.1) is 17.9 Å². The van der Waals surface area contributed by atoms with Crippen LogP contribution >= 0.6 is 79.6 Å². The van der Waals surface area contributed by atoms with Crippen molar-refractivity contribution in [1.82, 2.24) is 0 Å². The number of ether oxygens (including phenoxy) is 1. The minimum atomic E-state index is -5.95. The summed E-state index contributed by atoms with van der Waals surface area (Å²) in [6, 6.07) is 0. The summed E-state index contributed by atoms with van der Waals surface area (Å²) in [7, 11) is -5.95. The Labute approximate surface area is 159 Å². The van der Waals surface area contributed by atoms with Gasteiger partial charge in [0.2, 0.25) is 0 Å². The Morgan fingerprint density at radius 3 is 1.62 bits per heavy atom. The summed E-state index contributed by atoms with van der Waals surface area (Å²) in [5.41, 5.74) is 0. The molecule has 0 atom stereocenters. The average molecular weight is 647 g/mol. The third-order valence-electron chi connectivity index (χ3n) is 1.93. The van der Waals surface area contributed by atoms with Gasteiger partial charge in [-0.05, 0) is 79.6 Å². The molecule has 13 heteroatoms. The van der Waals surface area contributed by atoms with Crippen LogP contribution in [0.5, 0.6) is 5.75 Å². The van der Waals surface area contributed by atoms with Crippen LogP contribution in [0.3, 0.4) is 0 Å². The molecule has 0 spiro atoms. The lowest BCUT2D eigenvalue weighted by Gasteiger charge is -2.16. The van der Waals surface area contributed by atoms with Gasteiger partial charge in [-0.25, -0.2) is 4.79 Å². The van der Waals surface area contributed by atoms with E-state index in [0.717, 1.165) is 0 Å². The van der Waals surface area contributed by atoms with E-state index >= 15 is 0 Å². The molecule has 0 aromatic heterocycles. The first-order valence-corrected chi connectivity index (χ1v) is 9.81. The first-order chi connectivity index (χ1) is 9.32. The summed E-state index contributed by atoms with van der Waals surface area (Å²) >= 11 is 15.4. The molecule has 1 rings (SSSR count). The fourth-order valence-corrected chi connectivity index (χ4v) is 4.36. The molecule has 0 unspecified atom stereocenters. The first kappa shape index (κ1) is 19.9. The molecule has 0 aliphatic carbocycles. The number of hydrogen-bond acceptors (Lipinski definition) is 4. The molecule has 1 aromatic carbocycles. The van der Waals surface area contributed by atoms with Gasteiger partial charge in [0.1, 0.15) is 0 Å². The van der Waals surface area contributed by atoms with Crippen molar-refractivity contribution < 1.29 is 31.3 Å². The Morgan fingerprint density at radius 1 is 0.952 bits per heavy atom. The number of alkyl halides is 2. The van der Waals surface area contributed by atoms with E-state index in [1.165, 1.54) is 0 Å². The maximum Gasteiger partial charge on any atom is 0.466 e. The van der Waals surface area contributed by atoms with Crippen molar-refractivity contribution in [2.45, 2.75) is 5.25 Å². The lowest BCUT2D eigenvalue weighted by molar-refractivity contribution is -0.151. The molecule has 0 saturated carbocycles. The van der Waals surface area contributed by atoms with Gasteiger partial charge in [-0.2, -0.15) is 17.2 Å². The minimum absolute atomic E-state index is 0.0592. The second-order valence-corrected chi connectivity index (χ2v) is 8.71. The molecule has 0 aliphatic rings. The van der Waals surface area contributed by atoms with Crippen molar-refractivity contribution in [3.8, 4) is 5.75 Å². The lowest BCUT2D eigenvalue weighted by atomic mass is 10.3. The summed E-state index contributed by atoms with van der Waals surface area (Å²) < 4.78 is 61.3. The SMILES string of the molecule is O=C(Oc1c(Br)c(Br)c(Br)c(Br)c1Br)C(F)(F)S(=O)(=O)O. The van der Waals surface area contributed by atoms with Crippen LogP contribution < -0.4 is 4.74 Å². The average Bonchev–Trinajstić information content (AvgIpc) is 2.37. The standard InChI is InChI=1S/C8HBr5F2O5S/c9-1-2(10)4(12)6(5(13)3(1)11)20-7(16)8(14,15)21(17,18)19/h(H,17,18,19). The highest BCUT2D eigenvalue weighted by molar-refractivity contribution is 9.15. The van der Waals surface area contributed by atoms with E-state index in [0.29, 0.717) is 13.4 Å². The fraction of sp³-hybridized carbons (Fsp3) is 0.125. The van der Waals surface area contributed by atoms with Gasteiger partial charge in [0.25, 0.3) is 0 Å². The van der Waals surface area contributed by atoms with Crippen LogP contribution in [-0.4, -0.2) is 24.2 Å². The number of rotatable bonds is 3. The van der Waals surface area contributed by atoms with Crippen molar-refractivity contribution >= 4 is 95.7 Å². The summed E-state index contributed by atoms with van der Waals surface area (Å²) in [6.45, 7) is 0. The lowest BCUT2D eigenvalue weighted by Crippen LogP contribution is -2.40. The molecule has 1 N–H and O–H groups in total. The van der Waals surface area contributed by atoms with Crippen molar-refractivity contribution in [2.24, 2.45) is 0 Å². The molecule has 0 fully saturated rings. The van der Waals surface area contributed by atoms with Gasteiger partial charge < -0.3 is 4.74 Å². The smallest absolute Gasteiger partial charge is 0.419 e. The zero-order chi connectivity index (χ0) is 16.7. The van der Waals surface area contributed by atoms with Gasteiger partial charge in [0.15, 0.2) is 5.75 Å². The maximum absolute atomic E-state index is 13.2. The van der Waals surface area contributed by atoms with Crippen molar-refractivity contribution in [2.75, 3.05) is 0 Å². The molecule has 0 radical (unpaired) electrons. The van der Waals surface area contributed by atoms with Crippen LogP contribution in [0.15, 0.2) is 22.4 Å². The number of carbonyl (C=O) groups is 1. The van der Waals surface area contributed by atoms with Crippen molar-refractivity contribution in [3.63, 3.8) is 0 Å². The van der Waals surface area contributed by atoms with E-state index in [9.17, 15) is 22.0 Å². The third-order valence-corrected chi connectivity index (χ3v) is 8.76. The predicted molar refractivity (Wildman–Crippen MR) is 87.1 cm³/mol. The van der Waals surface area contributed by atoms with Gasteiger partial charge in [-0.15, -0.1) is 0 Å².